The largest absolute Gasteiger partial charge is 0.462 e. The first-order valence-corrected chi connectivity index (χ1v) is 8.48. The van der Waals surface area contributed by atoms with Gasteiger partial charge < -0.3 is 4.74 Å². The Kier molecular flexibility index (Phi) is 9.60. The van der Waals surface area contributed by atoms with Crippen LogP contribution < -0.4 is 0 Å². The first-order valence-electron chi connectivity index (χ1n) is 8.48. The molecule has 0 heterocycles. The van der Waals surface area contributed by atoms with Crippen LogP contribution in [0.3, 0.4) is 0 Å². The van der Waals surface area contributed by atoms with Crippen molar-refractivity contribution in [3.63, 3.8) is 0 Å². The standard InChI is InChI=1S/C19H30O2/c1-3-4-5-6-7-8-9-10-11-16-21-19(20)18-14-12-17(2)13-15-18/h12-15H,3-11,16H2,1-2H3. The van der Waals surface area contributed by atoms with Crippen molar-refractivity contribution in [2.24, 2.45) is 0 Å². The van der Waals surface area contributed by atoms with E-state index in [0.29, 0.717) is 12.2 Å². The van der Waals surface area contributed by atoms with Crippen molar-refractivity contribution in [1.29, 1.82) is 0 Å². The van der Waals surface area contributed by atoms with E-state index in [2.05, 4.69) is 6.92 Å². The van der Waals surface area contributed by atoms with Gasteiger partial charge in [0.15, 0.2) is 0 Å². The van der Waals surface area contributed by atoms with E-state index in [4.69, 9.17) is 4.74 Å². The van der Waals surface area contributed by atoms with E-state index < -0.39 is 0 Å². The van der Waals surface area contributed by atoms with Crippen LogP contribution in [0.2, 0.25) is 0 Å². The molecule has 1 rings (SSSR count). The van der Waals surface area contributed by atoms with Gasteiger partial charge in [-0.05, 0) is 25.5 Å². The number of aryl methyl sites for hydroxylation is 1. The maximum absolute atomic E-state index is 11.8. The van der Waals surface area contributed by atoms with Gasteiger partial charge in [-0.25, -0.2) is 4.79 Å². The molecule has 0 saturated heterocycles. The topological polar surface area (TPSA) is 26.3 Å². The van der Waals surface area contributed by atoms with Crippen LogP contribution in [0.1, 0.15) is 80.6 Å². The van der Waals surface area contributed by atoms with Crippen LogP contribution in [0.15, 0.2) is 24.3 Å². The third-order valence-electron chi connectivity index (χ3n) is 3.77. The van der Waals surface area contributed by atoms with Crippen LogP contribution in [-0.4, -0.2) is 12.6 Å². The molecule has 0 aromatic heterocycles. The summed E-state index contributed by atoms with van der Waals surface area (Å²) in [5.74, 6) is -0.199. The van der Waals surface area contributed by atoms with E-state index in [-0.39, 0.29) is 5.97 Å². The zero-order valence-corrected chi connectivity index (χ0v) is 13.7. The highest BCUT2D eigenvalue weighted by molar-refractivity contribution is 5.89. The van der Waals surface area contributed by atoms with Crippen molar-refractivity contribution >= 4 is 5.97 Å². The molecule has 0 saturated carbocycles. The summed E-state index contributed by atoms with van der Waals surface area (Å²) in [4.78, 5) is 11.8. The van der Waals surface area contributed by atoms with Crippen LogP contribution in [-0.2, 0) is 4.74 Å². The molecule has 21 heavy (non-hydrogen) atoms. The molecule has 0 amide bonds. The van der Waals surface area contributed by atoms with Gasteiger partial charge in [0, 0.05) is 0 Å². The molecule has 1 aromatic rings. The van der Waals surface area contributed by atoms with Crippen molar-refractivity contribution in [3.05, 3.63) is 35.4 Å². The number of hydrogen-bond acceptors (Lipinski definition) is 2. The highest BCUT2D eigenvalue weighted by Gasteiger charge is 2.05. The maximum Gasteiger partial charge on any atom is 0.338 e. The second-order valence-corrected chi connectivity index (χ2v) is 5.83. The molecule has 1 aromatic carbocycles. The lowest BCUT2D eigenvalue weighted by Crippen LogP contribution is -2.06. The molecule has 0 fully saturated rings. The molecule has 2 nitrogen and oxygen atoms in total. The van der Waals surface area contributed by atoms with E-state index in [1.54, 1.807) is 0 Å². The molecule has 0 spiro atoms. The molecule has 0 radical (unpaired) electrons. The van der Waals surface area contributed by atoms with Gasteiger partial charge in [0.2, 0.25) is 0 Å². The van der Waals surface area contributed by atoms with E-state index in [0.717, 1.165) is 18.4 Å². The molecular formula is C19H30O2. The number of esters is 1. The zero-order chi connectivity index (χ0) is 15.3. The Morgan fingerprint density at radius 1 is 0.857 bits per heavy atom. The predicted octanol–water partition coefficient (Wildman–Crippen LogP) is 5.68. The monoisotopic (exact) mass is 290 g/mol. The lowest BCUT2D eigenvalue weighted by Gasteiger charge is -2.05. The minimum atomic E-state index is -0.199. The molecule has 118 valence electrons. The molecule has 2 heteroatoms. The fourth-order valence-electron chi connectivity index (χ4n) is 2.35. The van der Waals surface area contributed by atoms with E-state index >= 15 is 0 Å². The third kappa shape index (κ3) is 8.54. The fourth-order valence-corrected chi connectivity index (χ4v) is 2.35. The van der Waals surface area contributed by atoms with Crippen molar-refractivity contribution in [1.82, 2.24) is 0 Å². The molecular weight excluding hydrogens is 260 g/mol. The van der Waals surface area contributed by atoms with Gasteiger partial charge in [0.25, 0.3) is 0 Å². The minimum Gasteiger partial charge on any atom is -0.462 e. The summed E-state index contributed by atoms with van der Waals surface area (Å²) in [6, 6.07) is 7.53. The highest BCUT2D eigenvalue weighted by Crippen LogP contribution is 2.10. The van der Waals surface area contributed by atoms with Crippen LogP contribution in [0.4, 0.5) is 0 Å². The Balaban J connectivity index is 1.96. The molecule has 0 atom stereocenters. The number of unbranched alkanes of at least 4 members (excludes halogenated alkanes) is 8. The Bertz CT molecular complexity index is 381. The lowest BCUT2D eigenvalue weighted by molar-refractivity contribution is 0.0497. The summed E-state index contributed by atoms with van der Waals surface area (Å²) < 4.78 is 5.29. The Morgan fingerprint density at radius 3 is 1.95 bits per heavy atom. The molecule has 0 aliphatic heterocycles. The quantitative estimate of drug-likeness (QED) is 0.387. The highest BCUT2D eigenvalue weighted by atomic mass is 16.5. The number of hydrogen-bond donors (Lipinski definition) is 0. The van der Waals surface area contributed by atoms with Crippen molar-refractivity contribution in [3.8, 4) is 0 Å². The number of rotatable bonds is 11. The van der Waals surface area contributed by atoms with Gasteiger partial charge in [-0.15, -0.1) is 0 Å². The average Bonchev–Trinajstić information content (AvgIpc) is 2.49. The summed E-state index contributed by atoms with van der Waals surface area (Å²) >= 11 is 0. The second kappa shape index (κ2) is 11.4. The number of ether oxygens (including phenoxy) is 1. The summed E-state index contributed by atoms with van der Waals surface area (Å²) in [5.41, 5.74) is 1.81. The van der Waals surface area contributed by atoms with Crippen LogP contribution in [0.25, 0.3) is 0 Å². The first kappa shape index (κ1) is 17.7. The van der Waals surface area contributed by atoms with Gasteiger partial charge in [0.05, 0.1) is 12.2 Å². The van der Waals surface area contributed by atoms with Gasteiger partial charge in [-0.3, -0.25) is 0 Å². The van der Waals surface area contributed by atoms with Crippen LogP contribution >= 0.6 is 0 Å². The number of carbonyl (C=O) groups excluding carboxylic acids is 1. The Labute approximate surface area is 129 Å². The fraction of sp³-hybridized carbons (Fsp3) is 0.632. The average molecular weight is 290 g/mol. The number of carbonyl (C=O) groups is 1. The molecule has 0 aliphatic rings. The molecule has 0 N–H and O–H groups in total. The molecule has 0 bridgehead atoms. The van der Waals surface area contributed by atoms with Crippen LogP contribution in [0, 0.1) is 6.92 Å². The van der Waals surface area contributed by atoms with Gasteiger partial charge >= 0.3 is 5.97 Å². The third-order valence-corrected chi connectivity index (χ3v) is 3.77. The van der Waals surface area contributed by atoms with Gasteiger partial charge in [-0.1, -0.05) is 76.0 Å². The Morgan fingerprint density at radius 2 is 1.38 bits per heavy atom. The summed E-state index contributed by atoms with van der Waals surface area (Å²) in [6.45, 7) is 4.80. The summed E-state index contributed by atoms with van der Waals surface area (Å²) in [6.07, 6.45) is 11.5. The first-order chi connectivity index (χ1) is 10.2. The van der Waals surface area contributed by atoms with Crippen molar-refractivity contribution < 1.29 is 9.53 Å². The Hall–Kier alpha value is -1.31. The maximum atomic E-state index is 11.8. The van der Waals surface area contributed by atoms with Crippen LogP contribution in [0.5, 0.6) is 0 Å². The summed E-state index contributed by atoms with van der Waals surface area (Å²) in [5, 5.41) is 0. The van der Waals surface area contributed by atoms with Crippen molar-refractivity contribution in [2.75, 3.05) is 6.61 Å². The van der Waals surface area contributed by atoms with E-state index in [1.165, 1.54) is 44.9 Å². The van der Waals surface area contributed by atoms with Gasteiger partial charge in [0.1, 0.15) is 0 Å². The molecule has 0 unspecified atom stereocenters. The smallest absolute Gasteiger partial charge is 0.338 e. The summed E-state index contributed by atoms with van der Waals surface area (Å²) in [7, 11) is 0. The molecule has 0 aliphatic carbocycles. The number of benzene rings is 1. The van der Waals surface area contributed by atoms with Crippen molar-refractivity contribution in [2.45, 2.75) is 71.6 Å². The van der Waals surface area contributed by atoms with E-state index in [9.17, 15) is 4.79 Å². The SMILES string of the molecule is CCCCCCCCCCCOC(=O)c1ccc(C)cc1. The zero-order valence-electron chi connectivity index (χ0n) is 13.7. The second-order valence-electron chi connectivity index (χ2n) is 5.83. The predicted molar refractivity (Wildman–Crippen MR) is 88.7 cm³/mol. The lowest BCUT2D eigenvalue weighted by atomic mass is 10.1. The normalized spacial score (nSPS) is 10.6. The van der Waals surface area contributed by atoms with E-state index in [1.807, 2.05) is 31.2 Å². The van der Waals surface area contributed by atoms with Gasteiger partial charge in [-0.2, -0.15) is 0 Å². The minimum absolute atomic E-state index is 0.199.